The van der Waals surface area contributed by atoms with Crippen LogP contribution in [0.15, 0.2) is 0 Å². The molecular weight excluding hydrogens is 208 g/mol. The topological polar surface area (TPSA) is 29.3 Å². The molecule has 0 aromatic heterocycles. The molecule has 0 atom stereocenters. The Labute approximate surface area is 107 Å². The summed E-state index contributed by atoms with van der Waals surface area (Å²) in [5, 5.41) is 0. The first-order chi connectivity index (χ1) is 8.24. The van der Waals surface area contributed by atoms with Crippen molar-refractivity contribution >= 4 is 0 Å². The minimum atomic E-state index is 0.455. The lowest BCUT2D eigenvalue weighted by Crippen LogP contribution is -2.45. The summed E-state index contributed by atoms with van der Waals surface area (Å²) in [6, 6.07) is 0. The second-order valence-electron chi connectivity index (χ2n) is 6.58. The first-order valence-electron chi connectivity index (χ1n) is 7.66. The summed E-state index contributed by atoms with van der Waals surface area (Å²) in [5.74, 6) is 0.929. The normalized spacial score (nSPS) is 36.7. The van der Waals surface area contributed by atoms with Crippen molar-refractivity contribution in [1.82, 2.24) is 4.90 Å². The van der Waals surface area contributed by atoms with Gasteiger partial charge in [0.15, 0.2) is 0 Å². The fraction of sp³-hybridized carbons (Fsp3) is 1.00. The fourth-order valence-electron chi connectivity index (χ4n) is 3.57. The first kappa shape index (κ1) is 13.4. The molecule has 17 heavy (non-hydrogen) atoms. The predicted molar refractivity (Wildman–Crippen MR) is 74.0 cm³/mol. The van der Waals surface area contributed by atoms with E-state index in [0.717, 1.165) is 12.5 Å². The van der Waals surface area contributed by atoms with Gasteiger partial charge in [-0.25, -0.2) is 0 Å². The molecule has 2 heteroatoms. The molecule has 2 N–H and O–H groups in total. The predicted octanol–water partition coefficient (Wildman–Crippen LogP) is 3.02. The Morgan fingerprint density at radius 3 is 2.18 bits per heavy atom. The van der Waals surface area contributed by atoms with Gasteiger partial charge >= 0.3 is 0 Å². The summed E-state index contributed by atoms with van der Waals surface area (Å²) in [4.78, 5) is 2.70. The third-order valence-electron chi connectivity index (χ3n) is 5.03. The van der Waals surface area contributed by atoms with Crippen LogP contribution in [0.4, 0.5) is 0 Å². The maximum absolute atomic E-state index is 6.11. The van der Waals surface area contributed by atoms with Gasteiger partial charge in [0.25, 0.3) is 0 Å². The van der Waals surface area contributed by atoms with E-state index in [-0.39, 0.29) is 0 Å². The molecule has 100 valence electrons. The number of nitrogens with zero attached hydrogens (tertiary/aromatic N) is 1. The lowest BCUT2D eigenvalue weighted by molar-refractivity contribution is 0.0966. The van der Waals surface area contributed by atoms with Crippen LogP contribution in [0, 0.1) is 11.3 Å². The van der Waals surface area contributed by atoms with E-state index in [2.05, 4.69) is 11.8 Å². The van der Waals surface area contributed by atoms with Crippen LogP contribution in [-0.2, 0) is 0 Å². The minimum Gasteiger partial charge on any atom is -0.330 e. The van der Waals surface area contributed by atoms with E-state index in [1.54, 1.807) is 0 Å². The molecule has 2 nitrogen and oxygen atoms in total. The molecule has 1 heterocycles. The second kappa shape index (κ2) is 6.19. The molecule has 0 aromatic carbocycles. The number of hydrogen-bond donors (Lipinski definition) is 1. The Hall–Kier alpha value is -0.0800. The fourth-order valence-corrected chi connectivity index (χ4v) is 3.57. The molecule has 2 fully saturated rings. The highest BCUT2D eigenvalue weighted by molar-refractivity contribution is 4.88. The Balaban J connectivity index is 1.89. The van der Waals surface area contributed by atoms with Crippen molar-refractivity contribution in [3.63, 3.8) is 0 Å². The third kappa shape index (κ3) is 3.69. The molecule has 0 aromatic rings. The van der Waals surface area contributed by atoms with E-state index in [0.29, 0.717) is 5.41 Å². The molecule has 0 bridgehead atoms. The van der Waals surface area contributed by atoms with Crippen molar-refractivity contribution in [3.05, 3.63) is 0 Å². The zero-order valence-corrected chi connectivity index (χ0v) is 11.6. The van der Waals surface area contributed by atoms with Crippen LogP contribution >= 0.6 is 0 Å². The molecule has 1 saturated heterocycles. The quantitative estimate of drug-likeness (QED) is 0.819. The van der Waals surface area contributed by atoms with Gasteiger partial charge < -0.3 is 10.6 Å². The van der Waals surface area contributed by atoms with E-state index in [4.69, 9.17) is 5.73 Å². The molecule has 0 spiro atoms. The highest BCUT2D eigenvalue weighted by atomic mass is 15.1. The Morgan fingerprint density at radius 1 is 1.06 bits per heavy atom. The molecule has 2 aliphatic rings. The van der Waals surface area contributed by atoms with Crippen LogP contribution in [0.25, 0.3) is 0 Å². The number of rotatable bonds is 3. The Bertz CT molecular complexity index is 211. The van der Waals surface area contributed by atoms with Crippen molar-refractivity contribution in [2.45, 2.75) is 58.3 Å². The van der Waals surface area contributed by atoms with Crippen LogP contribution in [-0.4, -0.2) is 31.1 Å². The van der Waals surface area contributed by atoms with E-state index in [1.165, 1.54) is 71.0 Å². The standard InChI is InChI=1S/C15H30N2/c1-14-6-8-15(12-16,9-7-14)13-17-10-4-2-3-5-11-17/h14H,2-13,16H2,1H3. The van der Waals surface area contributed by atoms with Crippen molar-refractivity contribution in [2.24, 2.45) is 17.1 Å². The van der Waals surface area contributed by atoms with Crippen molar-refractivity contribution in [3.8, 4) is 0 Å². The van der Waals surface area contributed by atoms with E-state index in [1.807, 2.05) is 0 Å². The van der Waals surface area contributed by atoms with Gasteiger partial charge in [0.2, 0.25) is 0 Å². The zero-order valence-electron chi connectivity index (χ0n) is 11.6. The molecule has 1 aliphatic carbocycles. The largest absolute Gasteiger partial charge is 0.330 e. The monoisotopic (exact) mass is 238 g/mol. The molecule has 0 unspecified atom stereocenters. The minimum absolute atomic E-state index is 0.455. The van der Waals surface area contributed by atoms with Crippen molar-refractivity contribution in [2.75, 3.05) is 26.2 Å². The van der Waals surface area contributed by atoms with Gasteiger partial charge in [-0.05, 0) is 56.7 Å². The second-order valence-corrected chi connectivity index (χ2v) is 6.58. The molecule has 0 amide bonds. The molecule has 1 saturated carbocycles. The first-order valence-corrected chi connectivity index (χ1v) is 7.66. The lowest BCUT2D eigenvalue weighted by Gasteiger charge is -2.42. The third-order valence-corrected chi connectivity index (χ3v) is 5.03. The van der Waals surface area contributed by atoms with Crippen LogP contribution in [0.5, 0.6) is 0 Å². The smallest absolute Gasteiger partial charge is 0.00501 e. The van der Waals surface area contributed by atoms with Gasteiger partial charge in [-0.15, -0.1) is 0 Å². The molecule has 2 rings (SSSR count). The van der Waals surface area contributed by atoms with Gasteiger partial charge in [-0.3, -0.25) is 0 Å². The summed E-state index contributed by atoms with van der Waals surface area (Å²) in [6.45, 7) is 7.20. The summed E-state index contributed by atoms with van der Waals surface area (Å²) >= 11 is 0. The van der Waals surface area contributed by atoms with Gasteiger partial charge in [0, 0.05) is 6.54 Å². The van der Waals surface area contributed by atoms with Crippen molar-refractivity contribution in [1.29, 1.82) is 0 Å². The van der Waals surface area contributed by atoms with Crippen LogP contribution in [0.1, 0.15) is 58.3 Å². The maximum Gasteiger partial charge on any atom is 0.00501 e. The van der Waals surface area contributed by atoms with Gasteiger partial charge in [0.1, 0.15) is 0 Å². The van der Waals surface area contributed by atoms with Gasteiger partial charge in [-0.1, -0.05) is 32.6 Å². The lowest BCUT2D eigenvalue weighted by atomic mass is 9.70. The average molecular weight is 238 g/mol. The number of nitrogens with two attached hydrogens (primary N) is 1. The molecular formula is C15H30N2. The highest BCUT2D eigenvalue weighted by Crippen LogP contribution is 2.39. The summed E-state index contributed by atoms with van der Waals surface area (Å²) in [6.07, 6.45) is 11.2. The summed E-state index contributed by atoms with van der Waals surface area (Å²) < 4.78 is 0. The Morgan fingerprint density at radius 2 is 1.65 bits per heavy atom. The highest BCUT2D eigenvalue weighted by Gasteiger charge is 2.34. The van der Waals surface area contributed by atoms with E-state index in [9.17, 15) is 0 Å². The van der Waals surface area contributed by atoms with Crippen LogP contribution in [0.2, 0.25) is 0 Å². The van der Waals surface area contributed by atoms with Gasteiger partial charge in [0.05, 0.1) is 0 Å². The van der Waals surface area contributed by atoms with E-state index >= 15 is 0 Å². The summed E-state index contributed by atoms with van der Waals surface area (Å²) in [7, 11) is 0. The SMILES string of the molecule is CC1CCC(CN)(CN2CCCCCC2)CC1. The maximum atomic E-state index is 6.11. The zero-order chi connectivity index (χ0) is 12.1. The van der Waals surface area contributed by atoms with E-state index < -0.39 is 0 Å². The number of likely N-dealkylation sites (tertiary alicyclic amines) is 1. The summed E-state index contributed by atoms with van der Waals surface area (Å²) in [5.41, 5.74) is 6.57. The van der Waals surface area contributed by atoms with Crippen LogP contribution in [0.3, 0.4) is 0 Å². The Kier molecular flexibility index (Phi) is 4.87. The number of hydrogen-bond acceptors (Lipinski definition) is 2. The van der Waals surface area contributed by atoms with Crippen molar-refractivity contribution < 1.29 is 0 Å². The molecule has 0 radical (unpaired) electrons. The average Bonchev–Trinajstić information content (AvgIpc) is 2.61. The van der Waals surface area contributed by atoms with Crippen LogP contribution < -0.4 is 5.73 Å². The van der Waals surface area contributed by atoms with Gasteiger partial charge in [-0.2, -0.15) is 0 Å². The molecule has 1 aliphatic heterocycles.